The predicted octanol–water partition coefficient (Wildman–Crippen LogP) is 2.08. The van der Waals surface area contributed by atoms with Gasteiger partial charge >= 0.3 is 0 Å². The van der Waals surface area contributed by atoms with Gasteiger partial charge in [-0.25, -0.2) is 9.67 Å². The molecule has 0 bridgehead atoms. The Balaban J connectivity index is 1.62. The average Bonchev–Trinajstić information content (AvgIpc) is 3.23. The Morgan fingerprint density at radius 2 is 2.04 bits per heavy atom. The van der Waals surface area contributed by atoms with Gasteiger partial charge in [-0.2, -0.15) is 5.10 Å². The molecule has 2 aliphatic rings. The van der Waals surface area contributed by atoms with E-state index in [0.717, 1.165) is 18.5 Å². The van der Waals surface area contributed by atoms with Crippen molar-refractivity contribution in [1.29, 1.82) is 0 Å². The summed E-state index contributed by atoms with van der Waals surface area (Å²) in [6.07, 6.45) is 3.32. The van der Waals surface area contributed by atoms with Gasteiger partial charge in [-0.3, -0.25) is 14.5 Å². The van der Waals surface area contributed by atoms with Crippen molar-refractivity contribution in [2.45, 2.75) is 51.6 Å². The van der Waals surface area contributed by atoms with Crippen LogP contribution in [0.2, 0.25) is 0 Å². The van der Waals surface area contributed by atoms with Crippen LogP contribution in [0, 0.1) is 5.92 Å². The van der Waals surface area contributed by atoms with Crippen LogP contribution in [0.1, 0.15) is 43.6 Å². The maximum Gasteiger partial charge on any atom is 0.240 e. The summed E-state index contributed by atoms with van der Waals surface area (Å²) >= 11 is 0. The number of likely N-dealkylation sites (tertiary alicyclic amines) is 1. The molecule has 0 radical (unpaired) electrons. The van der Waals surface area contributed by atoms with Crippen molar-refractivity contribution in [2.24, 2.45) is 5.92 Å². The van der Waals surface area contributed by atoms with Crippen molar-refractivity contribution < 1.29 is 9.59 Å². The minimum absolute atomic E-state index is 0.0819. The zero-order valence-electron chi connectivity index (χ0n) is 14.6. The zero-order valence-corrected chi connectivity index (χ0v) is 14.6. The van der Waals surface area contributed by atoms with Gasteiger partial charge in [0.25, 0.3) is 0 Å². The number of carbonyl (C=O) groups is 2. The van der Waals surface area contributed by atoms with Crippen molar-refractivity contribution in [1.82, 2.24) is 19.7 Å². The fourth-order valence-corrected chi connectivity index (χ4v) is 4.10. The summed E-state index contributed by atoms with van der Waals surface area (Å²) in [6, 6.07) is 8.00. The minimum atomic E-state index is -0.670. The molecule has 2 heterocycles. The number of aromatic nitrogens is 3. The highest BCUT2D eigenvalue weighted by molar-refractivity contribution is 6.09. The van der Waals surface area contributed by atoms with E-state index in [2.05, 4.69) is 30.0 Å². The number of nitrogens with zero attached hydrogens (tertiary/aromatic N) is 4. The van der Waals surface area contributed by atoms with E-state index in [4.69, 9.17) is 0 Å². The van der Waals surface area contributed by atoms with Gasteiger partial charge in [0, 0.05) is 13.0 Å². The molecule has 0 N–H and O–H groups in total. The van der Waals surface area contributed by atoms with Gasteiger partial charge in [0.15, 0.2) is 0 Å². The van der Waals surface area contributed by atoms with Crippen molar-refractivity contribution in [3.05, 3.63) is 47.5 Å². The summed E-state index contributed by atoms with van der Waals surface area (Å²) in [5.74, 6) is 0.888. The Morgan fingerprint density at radius 1 is 1.24 bits per heavy atom. The van der Waals surface area contributed by atoms with Gasteiger partial charge in [0.1, 0.15) is 12.2 Å². The second-order valence-corrected chi connectivity index (χ2v) is 7.45. The van der Waals surface area contributed by atoms with Crippen molar-refractivity contribution in [3.8, 4) is 0 Å². The van der Waals surface area contributed by atoms with E-state index >= 15 is 0 Å². The first-order valence-electron chi connectivity index (χ1n) is 8.81. The molecule has 4 rings (SSSR count). The maximum absolute atomic E-state index is 13.2. The molecule has 1 aromatic heterocycles. The number of aryl methyl sites for hydroxylation is 1. The van der Waals surface area contributed by atoms with E-state index in [1.54, 1.807) is 4.68 Å². The molecule has 0 saturated carbocycles. The Bertz CT molecular complexity index is 841. The monoisotopic (exact) mass is 338 g/mol. The molecule has 25 heavy (non-hydrogen) atoms. The first-order chi connectivity index (χ1) is 12.0. The number of hydrogen-bond acceptors (Lipinski definition) is 4. The van der Waals surface area contributed by atoms with Crippen molar-refractivity contribution in [2.75, 3.05) is 0 Å². The van der Waals surface area contributed by atoms with E-state index in [0.29, 0.717) is 18.2 Å². The predicted molar refractivity (Wildman–Crippen MR) is 91.5 cm³/mol. The lowest BCUT2D eigenvalue weighted by Crippen LogP contribution is -2.37. The molecule has 1 fully saturated rings. The fourth-order valence-electron chi connectivity index (χ4n) is 4.10. The Hall–Kier alpha value is -2.50. The van der Waals surface area contributed by atoms with E-state index in [-0.39, 0.29) is 24.8 Å². The van der Waals surface area contributed by atoms with Gasteiger partial charge in [-0.05, 0) is 29.9 Å². The van der Waals surface area contributed by atoms with Gasteiger partial charge in [0.2, 0.25) is 11.8 Å². The number of amides is 2. The van der Waals surface area contributed by atoms with Crippen LogP contribution in [0.4, 0.5) is 0 Å². The molecule has 1 unspecified atom stereocenters. The van der Waals surface area contributed by atoms with Crippen molar-refractivity contribution in [3.63, 3.8) is 0 Å². The molecular weight excluding hydrogens is 316 g/mol. The molecule has 2 aromatic rings. The van der Waals surface area contributed by atoms with Crippen LogP contribution in [-0.2, 0) is 34.5 Å². The van der Waals surface area contributed by atoms with Crippen LogP contribution in [0.15, 0.2) is 30.6 Å². The first kappa shape index (κ1) is 16.0. The number of imide groups is 1. The molecule has 6 nitrogen and oxygen atoms in total. The number of hydrogen-bond donors (Lipinski definition) is 0. The van der Waals surface area contributed by atoms with Gasteiger partial charge in [-0.15, -0.1) is 0 Å². The summed E-state index contributed by atoms with van der Waals surface area (Å²) in [5.41, 5.74) is 1.55. The second kappa shape index (κ2) is 5.79. The quantitative estimate of drug-likeness (QED) is 0.801. The van der Waals surface area contributed by atoms with E-state index in [1.165, 1.54) is 16.8 Å². The van der Waals surface area contributed by atoms with Crippen LogP contribution in [0.5, 0.6) is 0 Å². The number of benzene rings is 1. The van der Waals surface area contributed by atoms with Gasteiger partial charge < -0.3 is 0 Å². The lowest BCUT2D eigenvalue weighted by Gasteiger charge is -2.22. The molecule has 6 heteroatoms. The SMILES string of the molecule is CC(C)Cn1ncnc1CN1C(=O)CC2(CCc3ccccc32)C1=O. The molecule has 1 atom stereocenters. The largest absolute Gasteiger partial charge is 0.274 e. The summed E-state index contributed by atoms with van der Waals surface area (Å²) in [4.78, 5) is 31.5. The third kappa shape index (κ3) is 2.47. The molecule has 1 saturated heterocycles. The zero-order chi connectivity index (χ0) is 17.6. The fraction of sp³-hybridized carbons (Fsp3) is 0.474. The number of rotatable bonds is 4. The Labute approximate surface area is 146 Å². The minimum Gasteiger partial charge on any atom is -0.274 e. The van der Waals surface area contributed by atoms with Gasteiger partial charge in [-0.1, -0.05) is 38.1 Å². The molecule has 1 aromatic carbocycles. The summed E-state index contributed by atoms with van der Waals surface area (Å²) < 4.78 is 1.79. The van der Waals surface area contributed by atoms with E-state index in [1.807, 2.05) is 18.2 Å². The Morgan fingerprint density at radius 3 is 2.84 bits per heavy atom. The molecule has 2 amide bonds. The summed E-state index contributed by atoms with van der Waals surface area (Å²) in [6.45, 7) is 5.12. The number of carbonyl (C=O) groups excluding carboxylic acids is 2. The summed E-state index contributed by atoms with van der Waals surface area (Å²) in [7, 11) is 0. The molecule has 1 aliphatic carbocycles. The summed E-state index contributed by atoms with van der Waals surface area (Å²) in [5, 5.41) is 4.23. The molecule has 1 aliphatic heterocycles. The van der Waals surface area contributed by atoms with Crippen LogP contribution >= 0.6 is 0 Å². The van der Waals surface area contributed by atoms with Crippen LogP contribution in [-0.4, -0.2) is 31.5 Å². The smallest absolute Gasteiger partial charge is 0.240 e. The normalized spacial score (nSPS) is 22.4. The lowest BCUT2D eigenvalue weighted by atomic mass is 9.80. The number of fused-ring (bicyclic) bond motifs is 2. The maximum atomic E-state index is 13.2. The highest BCUT2D eigenvalue weighted by Gasteiger charge is 2.55. The van der Waals surface area contributed by atoms with E-state index < -0.39 is 5.41 Å². The molecule has 130 valence electrons. The molecule has 1 spiro atoms. The van der Waals surface area contributed by atoms with Crippen LogP contribution in [0.25, 0.3) is 0 Å². The highest BCUT2D eigenvalue weighted by Crippen LogP contribution is 2.47. The molecular formula is C19H22N4O2. The standard InChI is InChI=1S/C19H22N4O2/c1-13(2)10-23-16(20-12-21-23)11-22-17(24)9-19(18(22)25)8-7-14-5-3-4-6-15(14)19/h3-6,12-13H,7-11H2,1-2H3. The highest BCUT2D eigenvalue weighted by atomic mass is 16.2. The van der Waals surface area contributed by atoms with Crippen LogP contribution in [0.3, 0.4) is 0 Å². The third-order valence-electron chi connectivity index (χ3n) is 5.30. The third-order valence-corrected chi connectivity index (χ3v) is 5.30. The van der Waals surface area contributed by atoms with Gasteiger partial charge in [0.05, 0.1) is 12.0 Å². The second-order valence-electron chi connectivity index (χ2n) is 7.45. The lowest BCUT2D eigenvalue weighted by molar-refractivity contribution is -0.140. The van der Waals surface area contributed by atoms with Crippen LogP contribution < -0.4 is 0 Å². The topological polar surface area (TPSA) is 68.1 Å². The van der Waals surface area contributed by atoms with E-state index in [9.17, 15) is 9.59 Å². The van der Waals surface area contributed by atoms with Crippen molar-refractivity contribution >= 4 is 11.8 Å². The Kier molecular flexibility index (Phi) is 3.71. The first-order valence-corrected chi connectivity index (χ1v) is 8.81. The average molecular weight is 338 g/mol.